The Kier molecular flexibility index (Phi) is 9.99. The van der Waals surface area contributed by atoms with Crippen LogP contribution in [0.25, 0.3) is 11.1 Å². The van der Waals surface area contributed by atoms with Gasteiger partial charge in [-0.2, -0.15) is 0 Å². The molecule has 1 fully saturated rings. The van der Waals surface area contributed by atoms with Gasteiger partial charge in [0.2, 0.25) is 0 Å². The molecule has 2 aromatic carbocycles. The zero-order valence-corrected chi connectivity index (χ0v) is 22.6. The summed E-state index contributed by atoms with van der Waals surface area (Å²) in [4.78, 5) is 6.67. The molecule has 2 heterocycles. The molecule has 1 atom stereocenters. The summed E-state index contributed by atoms with van der Waals surface area (Å²) in [6, 6.07) is 12.6. The van der Waals surface area contributed by atoms with E-state index in [4.69, 9.17) is 9.47 Å². The first-order chi connectivity index (χ1) is 18.0. The van der Waals surface area contributed by atoms with Gasteiger partial charge in [-0.15, -0.1) is 0 Å². The molecule has 1 aliphatic heterocycles. The minimum absolute atomic E-state index is 0.165. The van der Waals surface area contributed by atoms with Crippen molar-refractivity contribution >= 4 is 0 Å². The van der Waals surface area contributed by atoms with Crippen molar-refractivity contribution in [2.75, 3.05) is 45.9 Å². The Morgan fingerprint density at radius 1 is 0.973 bits per heavy atom. The predicted molar refractivity (Wildman–Crippen MR) is 148 cm³/mol. The third kappa shape index (κ3) is 7.81. The van der Waals surface area contributed by atoms with Crippen LogP contribution in [0.2, 0.25) is 0 Å². The molecule has 0 saturated carbocycles. The number of aromatic nitrogens is 2. The van der Waals surface area contributed by atoms with Crippen LogP contribution in [0.5, 0.6) is 11.5 Å². The molecule has 0 spiro atoms. The van der Waals surface area contributed by atoms with Gasteiger partial charge >= 0.3 is 0 Å². The van der Waals surface area contributed by atoms with Gasteiger partial charge < -0.3 is 29.4 Å². The highest BCUT2D eigenvalue weighted by Gasteiger charge is 2.19. The minimum Gasteiger partial charge on any atom is -0.493 e. The summed E-state index contributed by atoms with van der Waals surface area (Å²) in [6.45, 7) is 10.2. The molecule has 200 valence electrons. The number of nitrogens with zero attached hydrogens (tertiary/aromatic N) is 3. The van der Waals surface area contributed by atoms with E-state index in [9.17, 15) is 5.11 Å². The Morgan fingerprint density at radius 2 is 1.65 bits per heavy atom. The molecule has 37 heavy (non-hydrogen) atoms. The molecule has 2 N–H and O–H groups in total. The first-order valence-corrected chi connectivity index (χ1v) is 13.5. The minimum atomic E-state index is -0.165. The molecular formula is C30H42N4O3. The van der Waals surface area contributed by atoms with Crippen molar-refractivity contribution in [3.05, 3.63) is 65.7 Å². The lowest BCUT2D eigenvalue weighted by Gasteiger charge is -2.18. The number of imidazole rings is 1. The number of nitrogens with one attached hydrogen (secondary N) is 1. The van der Waals surface area contributed by atoms with Crippen LogP contribution in [-0.2, 0) is 13.5 Å². The van der Waals surface area contributed by atoms with Crippen LogP contribution in [-0.4, -0.2) is 71.6 Å². The topological polar surface area (TPSA) is 71.8 Å². The van der Waals surface area contributed by atoms with Gasteiger partial charge in [0.15, 0.2) is 0 Å². The molecule has 3 aromatic rings. The largest absolute Gasteiger partial charge is 0.493 e. The maximum Gasteiger partial charge on any atom is 0.122 e. The molecule has 4 rings (SSSR count). The summed E-state index contributed by atoms with van der Waals surface area (Å²) < 4.78 is 14.3. The summed E-state index contributed by atoms with van der Waals surface area (Å²) in [5, 5.41) is 13.2. The van der Waals surface area contributed by atoms with E-state index in [-0.39, 0.29) is 6.10 Å². The smallest absolute Gasteiger partial charge is 0.122 e. The summed E-state index contributed by atoms with van der Waals surface area (Å²) in [6.07, 6.45) is 7.46. The number of rotatable bonds is 14. The van der Waals surface area contributed by atoms with E-state index in [0.717, 1.165) is 86.7 Å². The molecule has 0 radical (unpaired) electrons. The SMILES string of the molecule is Cc1c(OCCCNCCc2cn(C)cn2)cccc1-c1cccc(OCCCN2CC[C@@H](O)C2)c1C. The van der Waals surface area contributed by atoms with Gasteiger partial charge in [0.05, 0.1) is 31.3 Å². The van der Waals surface area contributed by atoms with Crippen molar-refractivity contribution in [3.8, 4) is 22.6 Å². The fourth-order valence-corrected chi connectivity index (χ4v) is 4.93. The van der Waals surface area contributed by atoms with Gasteiger partial charge in [0, 0.05) is 45.8 Å². The summed E-state index contributed by atoms with van der Waals surface area (Å²) >= 11 is 0. The number of hydrogen-bond donors (Lipinski definition) is 2. The van der Waals surface area contributed by atoms with Crippen LogP contribution < -0.4 is 14.8 Å². The number of β-amino-alcohol motifs (C(OH)–C–C–N with tert-alkyl or cyclic N) is 1. The third-order valence-electron chi connectivity index (χ3n) is 7.05. The molecule has 1 saturated heterocycles. The van der Waals surface area contributed by atoms with Crippen LogP contribution >= 0.6 is 0 Å². The normalized spacial score (nSPS) is 15.8. The maximum atomic E-state index is 9.69. The summed E-state index contributed by atoms with van der Waals surface area (Å²) in [5.74, 6) is 1.87. The van der Waals surface area contributed by atoms with Crippen molar-refractivity contribution in [2.45, 2.75) is 45.6 Å². The number of aliphatic hydroxyl groups excluding tert-OH is 1. The van der Waals surface area contributed by atoms with Gasteiger partial charge in [-0.3, -0.25) is 0 Å². The molecule has 0 unspecified atom stereocenters. The average molecular weight is 507 g/mol. The maximum absolute atomic E-state index is 9.69. The predicted octanol–water partition coefficient (Wildman–Crippen LogP) is 4.14. The molecule has 1 aliphatic rings. The van der Waals surface area contributed by atoms with Gasteiger partial charge in [-0.1, -0.05) is 24.3 Å². The quantitative estimate of drug-likeness (QED) is 0.320. The van der Waals surface area contributed by atoms with E-state index in [1.165, 1.54) is 11.1 Å². The first kappa shape index (κ1) is 27.2. The van der Waals surface area contributed by atoms with Crippen LogP contribution in [0.1, 0.15) is 36.1 Å². The lowest BCUT2D eigenvalue weighted by Crippen LogP contribution is -2.24. The number of hydrogen-bond acceptors (Lipinski definition) is 6. The Balaban J connectivity index is 1.24. The van der Waals surface area contributed by atoms with Crippen molar-refractivity contribution in [1.82, 2.24) is 19.8 Å². The average Bonchev–Trinajstić information content (AvgIpc) is 3.50. The zero-order chi connectivity index (χ0) is 26.0. The Labute approximate surface area is 221 Å². The number of likely N-dealkylation sites (tertiary alicyclic amines) is 1. The van der Waals surface area contributed by atoms with Crippen molar-refractivity contribution in [1.29, 1.82) is 0 Å². The second-order valence-corrected chi connectivity index (χ2v) is 10.0. The lowest BCUT2D eigenvalue weighted by molar-refractivity contribution is 0.173. The molecular weight excluding hydrogens is 464 g/mol. The van der Waals surface area contributed by atoms with Crippen LogP contribution in [0.4, 0.5) is 0 Å². The van der Waals surface area contributed by atoms with Gasteiger partial charge in [0.1, 0.15) is 11.5 Å². The fourth-order valence-electron chi connectivity index (χ4n) is 4.93. The fraction of sp³-hybridized carbons (Fsp3) is 0.500. The van der Waals surface area contributed by atoms with E-state index in [1.807, 2.05) is 17.9 Å². The van der Waals surface area contributed by atoms with E-state index in [1.54, 1.807) is 0 Å². The molecule has 7 nitrogen and oxygen atoms in total. The number of ether oxygens (including phenoxy) is 2. The Bertz CT molecular complexity index is 1130. The van der Waals surface area contributed by atoms with Crippen molar-refractivity contribution in [2.24, 2.45) is 7.05 Å². The third-order valence-corrected chi connectivity index (χ3v) is 7.05. The van der Waals surface area contributed by atoms with Crippen LogP contribution in [0.15, 0.2) is 48.9 Å². The molecule has 7 heteroatoms. The monoisotopic (exact) mass is 506 g/mol. The Morgan fingerprint density at radius 3 is 2.24 bits per heavy atom. The van der Waals surface area contributed by atoms with Gasteiger partial charge in [-0.25, -0.2) is 4.98 Å². The van der Waals surface area contributed by atoms with Crippen molar-refractivity contribution in [3.63, 3.8) is 0 Å². The van der Waals surface area contributed by atoms with Gasteiger partial charge in [0.25, 0.3) is 0 Å². The van der Waals surface area contributed by atoms with Crippen LogP contribution in [0.3, 0.4) is 0 Å². The number of benzene rings is 2. The number of aliphatic hydroxyl groups is 1. The highest BCUT2D eigenvalue weighted by atomic mass is 16.5. The zero-order valence-electron chi connectivity index (χ0n) is 22.6. The van der Waals surface area contributed by atoms with E-state index >= 15 is 0 Å². The van der Waals surface area contributed by atoms with E-state index in [0.29, 0.717) is 13.2 Å². The second-order valence-electron chi connectivity index (χ2n) is 10.0. The standard InChI is InChI=1S/C30H42N4O3/c1-23-27(8-4-10-29(23)36-18-6-14-31-15-12-25-20-33(3)22-32-25)28-9-5-11-30(24(28)2)37-19-7-16-34-17-13-26(35)21-34/h4-5,8-11,20,22,26,31,35H,6-7,12-19,21H2,1-3H3/t26-/m1/s1. The lowest BCUT2D eigenvalue weighted by atomic mass is 9.95. The molecule has 0 amide bonds. The van der Waals surface area contributed by atoms with E-state index < -0.39 is 0 Å². The highest BCUT2D eigenvalue weighted by Crippen LogP contribution is 2.35. The highest BCUT2D eigenvalue weighted by molar-refractivity contribution is 5.74. The number of aryl methyl sites for hydroxylation is 1. The molecule has 0 bridgehead atoms. The summed E-state index contributed by atoms with van der Waals surface area (Å²) in [5.41, 5.74) is 5.78. The van der Waals surface area contributed by atoms with Gasteiger partial charge in [-0.05, 0) is 74.0 Å². The second kappa shape index (κ2) is 13.6. The molecule has 0 aliphatic carbocycles. The van der Waals surface area contributed by atoms with Crippen LogP contribution in [0, 0.1) is 13.8 Å². The van der Waals surface area contributed by atoms with E-state index in [2.05, 4.69) is 71.6 Å². The Hall–Kier alpha value is -2.87. The molecule has 1 aromatic heterocycles. The summed E-state index contributed by atoms with van der Waals surface area (Å²) in [7, 11) is 2.00. The first-order valence-electron chi connectivity index (χ1n) is 13.5. The van der Waals surface area contributed by atoms with Crippen molar-refractivity contribution < 1.29 is 14.6 Å².